The van der Waals surface area contributed by atoms with Gasteiger partial charge in [-0.2, -0.15) is 0 Å². The van der Waals surface area contributed by atoms with Gasteiger partial charge in [-0.1, -0.05) is 12.1 Å². The molecule has 0 radical (unpaired) electrons. The lowest BCUT2D eigenvalue weighted by atomic mass is 10.1. The van der Waals surface area contributed by atoms with Crippen molar-refractivity contribution in [1.82, 2.24) is 19.5 Å². The molecule has 146 valence electrons. The van der Waals surface area contributed by atoms with Gasteiger partial charge in [0.1, 0.15) is 0 Å². The van der Waals surface area contributed by atoms with Crippen molar-refractivity contribution in [3.05, 3.63) is 60.0 Å². The lowest BCUT2D eigenvalue weighted by Crippen LogP contribution is -2.31. The number of likely N-dealkylation sites (tertiary alicyclic amines) is 1. The van der Waals surface area contributed by atoms with Crippen molar-refractivity contribution >= 4 is 27.3 Å². The summed E-state index contributed by atoms with van der Waals surface area (Å²) in [6.07, 6.45) is 3.58. The molecule has 28 heavy (non-hydrogen) atoms. The molecule has 0 unspecified atom stereocenters. The Labute approximate surface area is 163 Å². The zero-order valence-corrected chi connectivity index (χ0v) is 16.3. The van der Waals surface area contributed by atoms with E-state index < -0.39 is 10.0 Å². The molecule has 8 nitrogen and oxygen atoms in total. The van der Waals surface area contributed by atoms with Crippen molar-refractivity contribution in [2.24, 2.45) is 0 Å². The number of aromatic nitrogens is 3. The van der Waals surface area contributed by atoms with Crippen LogP contribution in [0, 0.1) is 0 Å². The summed E-state index contributed by atoms with van der Waals surface area (Å²) in [6.45, 7) is 2.19. The molecule has 1 saturated heterocycles. The van der Waals surface area contributed by atoms with E-state index in [0.717, 1.165) is 24.3 Å². The second-order valence-corrected chi connectivity index (χ2v) is 8.74. The highest BCUT2D eigenvalue weighted by molar-refractivity contribution is 7.92. The number of carbonyl (C=O) groups is 1. The molecule has 1 atom stereocenters. The number of fused-ring (bicyclic) bond motifs is 1. The van der Waals surface area contributed by atoms with E-state index in [1.807, 2.05) is 28.8 Å². The maximum absolute atomic E-state index is 13.2. The fourth-order valence-corrected chi connectivity index (χ4v) is 4.13. The van der Waals surface area contributed by atoms with Gasteiger partial charge in [-0.15, -0.1) is 10.2 Å². The Hall–Kier alpha value is -2.94. The summed E-state index contributed by atoms with van der Waals surface area (Å²) in [5, 5.41) is 8.50. The first-order valence-electron chi connectivity index (χ1n) is 9.19. The third kappa shape index (κ3) is 3.45. The van der Waals surface area contributed by atoms with Crippen molar-refractivity contribution in [1.29, 1.82) is 0 Å². The molecule has 1 N–H and O–H groups in total. The third-order valence-electron chi connectivity index (χ3n) is 4.91. The lowest BCUT2D eigenvalue weighted by molar-refractivity contribution is 0.0729. The van der Waals surface area contributed by atoms with Crippen LogP contribution in [0.4, 0.5) is 5.69 Å². The van der Waals surface area contributed by atoms with Gasteiger partial charge in [-0.05, 0) is 50.1 Å². The molecule has 2 aromatic heterocycles. The quantitative estimate of drug-likeness (QED) is 0.711. The minimum atomic E-state index is -3.40. The van der Waals surface area contributed by atoms with E-state index in [2.05, 4.69) is 14.9 Å². The van der Waals surface area contributed by atoms with Crippen LogP contribution in [-0.4, -0.2) is 46.1 Å². The van der Waals surface area contributed by atoms with Crippen molar-refractivity contribution in [3.63, 3.8) is 0 Å². The molecule has 3 aromatic rings. The largest absolute Gasteiger partial charge is 0.328 e. The van der Waals surface area contributed by atoms with Gasteiger partial charge in [-0.3, -0.25) is 13.9 Å². The summed E-state index contributed by atoms with van der Waals surface area (Å²) in [7, 11) is -3.40. The van der Waals surface area contributed by atoms with Gasteiger partial charge >= 0.3 is 0 Å². The van der Waals surface area contributed by atoms with Crippen molar-refractivity contribution in [2.45, 2.75) is 25.8 Å². The van der Waals surface area contributed by atoms with Crippen molar-refractivity contribution in [3.8, 4) is 0 Å². The highest BCUT2D eigenvalue weighted by atomic mass is 32.2. The van der Waals surface area contributed by atoms with Crippen LogP contribution in [0.1, 0.15) is 42.0 Å². The molecule has 3 heterocycles. The first-order chi connectivity index (χ1) is 13.5. The van der Waals surface area contributed by atoms with Crippen molar-refractivity contribution in [2.75, 3.05) is 17.0 Å². The molecule has 1 aromatic carbocycles. The number of sulfonamides is 1. The maximum atomic E-state index is 13.2. The van der Waals surface area contributed by atoms with Gasteiger partial charge in [0.05, 0.1) is 11.8 Å². The van der Waals surface area contributed by atoms with Crippen LogP contribution >= 0.6 is 0 Å². The number of anilines is 1. The summed E-state index contributed by atoms with van der Waals surface area (Å²) in [5.74, 6) is 0.566. The molecule has 9 heteroatoms. The normalized spacial score (nSPS) is 17.2. The van der Waals surface area contributed by atoms with Crippen LogP contribution < -0.4 is 4.72 Å². The topological polar surface area (TPSA) is 96.7 Å². The minimum absolute atomic E-state index is 0.0284. The Balaban J connectivity index is 1.62. The fraction of sp³-hybridized carbons (Fsp3) is 0.316. The van der Waals surface area contributed by atoms with E-state index in [0.29, 0.717) is 17.8 Å². The van der Waals surface area contributed by atoms with Crippen LogP contribution in [0.3, 0.4) is 0 Å². The molecular formula is C19H21N5O3S. The Morgan fingerprint density at radius 3 is 2.89 bits per heavy atom. The Bertz CT molecular complexity index is 1130. The van der Waals surface area contributed by atoms with E-state index in [1.54, 1.807) is 36.1 Å². The van der Waals surface area contributed by atoms with Gasteiger partial charge in [0.25, 0.3) is 5.91 Å². The molecule has 0 bridgehead atoms. The number of hydrogen-bond acceptors (Lipinski definition) is 5. The molecule has 0 aliphatic carbocycles. The van der Waals surface area contributed by atoms with Gasteiger partial charge < -0.3 is 4.90 Å². The maximum Gasteiger partial charge on any atom is 0.254 e. The van der Waals surface area contributed by atoms with Gasteiger partial charge in [0.2, 0.25) is 10.0 Å². The number of rotatable bonds is 5. The summed E-state index contributed by atoms with van der Waals surface area (Å²) < 4.78 is 28.0. The smallest absolute Gasteiger partial charge is 0.254 e. The molecule has 1 aliphatic rings. The Morgan fingerprint density at radius 2 is 2.07 bits per heavy atom. The van der Waals surface area contributed by atoms with Gasteiger partial charge in [0.15, 0.2) is 11.5 Å². The van der Waals surface area contributed by atoms with Crippen LogP contribution in [0.15, 0.2) is 48.7 Å². The molecule has 0 saturated carbocycles. The molecular weight excluding hydrogens is 378 g/mol. The number of pyridine rings is 1. The van der Waals surface area contributed by atoms with Crippen LogP contribution in [-0.2, 0) is 10.0 Å². The van der Waals surface area contributed by atoms with Crippen molar-refractivity contribution < 1.29 is 13.2 Å². The summed E-state index contributed by atoms with van der Waals surface area (Å²) >= 11 is 0. The number of nitrogens with one attached hydrogen (secondary N) is 1. The SMILES string of the molecule is CCS(=O)(=O)Nc1cccc(C(=O)N2CCC[C@H]2c2nnc3ccccn23)c1. The highest BCUT2D eigenvalue weighted by Gasteiger charge is 2.33. The first kappa shape index (κ1) is 18.4. The van der Waals surface area contributed by atoms with Gasteiger partial charge in [-0.25, -0.2) is 8.42 Å². The highest BCUT2D eigenvalue weighted by Crippen LogP contribution is 2.32. The minimum Gasteiger partial charge on any atom is -0.328 e. The monoisotopic (exact) mass is 399 g/mol. The van der Waals surface area contributed by atoms with E-state index in [-0.39, 0.29) is 17.7 Å². The number of benzene rings is 1. The average molecular weight is 399 g/mol. The van der Waals surface area contributed by atoms with E-state index in [4.69, 9.17) is 0 Å². The Kier molecular flexibility index (Phi) is 4.76. The third-order valence-corrected chi connectivity index (χ3v) is 6.22. The molecule has 1 fully saturated rings. The molecule has 1 amide bonds. The number of amides is 1. The summed E-state index contributed by atoms with van der Waals surface area (Å²) in [5.41, 5.74) is 1.57. The van der Waals surface area contributed by atoms with Crippen LogP contribution in [0.5, 0.6) is 0 Å². The number of nitrogens with zero attached hydrogens (tertiary/aromatic N) is 4. The first-order valence-corrected chi connectivity index (χ1v) is 10.8. The Morgan fingerprint density at radius 1 is 1.21 bits per heavy atom. The zero-order valence-electron chi connectivity index (χ0n) is 15.4. The van der Waals surface area contributed by atoms with E-state index in [9.17, 15) is 13.2 Å². The predicted octanol–water partition coefficient (Wildman–Crippen LogP) is 2.47. The second-order valence-electron chi connectivity index (χ2n) is 6.73. The summed E-state index contributed by atoms with van der Waals surface area (Å²) in [4.78, 5) is 15.0. The van der Waals surface area contributed by atoms with E-state index in [1.165, 1.54) is 0 Å². The van der Waals surface area contributed by atoms with E-state index >= 15 is 0 Å². The zero-order chi connectivity index (χ0) is 19.7. The summed E-state index contributed by atoms with van der Waals surface area (Å²) in [6, 6.07) is 12.1. The standard InChI is InChI=1S/C19H21N5O3S/c1-2-28(26,27)22-15-8-5-7-14(13-15)19(25)23-12-6-9-16(23)18-21-20-17-10-3-4-11-24(17)18/h3-5,7-8,10-11,13,16,22H,2,6,9,12H2,1H3/t16-/m0/s1. The molecule has 0 spiro atoms. The number of carbonyl (C=O) groups excluding carboxylic acids is 1. The average Bonchev–Trinajstić information content (AvgIpc) is 3.34. The van der Waals surface area contributed by atoms with Crippen LogP contribution in [0.2, 0.25) is 0 Å². The fourth-order valence-electron chi connectivity index (χ4n) is 3.50. The van der Waals surface area contributed by atoms with Gasteiger partial charge in [0, 0.05) is 24.0 Å². The van der Waals surface area contributed by atoms with Crippen LogP contribution in [0.25, 0.3) is 5.65 Å². The molecule has 1 aliphatic heterocycles. The number of hydrogen-bond donors (Lipinski definition) is 1. The second kappa shape index (κ2) is 7.23. The molecule has 4 rings (SSSR count). The predicted molar refractivity (Wildman–Crippen MR) is 106 cm³/mol. The lowest BCUT2D eigenvalue weighted by Gasteiger charge is -2.24.